The van der Waals surface area contributed by atoms with Gasteiger partial charge in [0.25, 0.3) is 5.91 Å². The first-order chi connectivity index (χ1) is 16.0. The Hall–Kier alpha value is -3.76. The van der Waals surface area contributed by atoms with Crippen LogP contribution in [0, 0.1) is 13.8 Å². The maximum Gasteiger partial charge on any atom is 0.328 e. The molecule has 1 heterocycles. The van der Waals surface area contributed by atoms with Gasteiger partial charge in [-0.2, -0.15) is 0 Å². The summed E-state index contributed by atoms with van der Waals surface area (Å²) in [5.41, 5.74) is 2.76. The predicted octanol–water partition coefficient (Wildman–Crippen LogP) is 2.29. The number of Topliss-reactive ketones (excluding diaryl/α,β-unsaturated/α-hetero) is 1. The number of primary sulfonamides is 1. The first-order valence-electron chi connectivity index (χ1n) is 10.4. The molecule has 34 heavy (non-hydrogen) atoms. The number of ether oxygens (including phenoxy) is 1. The molecule has 3 aromatic rings. The number of nitrogens with two attached hydrogens (primary N) is 1. The van der Waals surface area contributed by atoms with Crippen LogP contribution in [0.1, 0.15) is 39.0 Å². The van der Waals surface area contributed by atoms with E-state index in [9.17, 15) is 22.8 Å². The number of aromatic nitrogens is 1. The molecule has 0 fully saturated rings. The average molecular weight is 484 g/mol. The molecule has 0 aliphatic rings. The molecule has 10 heteroatoms. The zero-order valence-corrected chi connectivity index (χ0v) is 19.8. The zero-order valence-electron chi connectivity index (χ0n) is 18.9. The average Bonchev–Trinajstić information content (AvgIpc) is 3.11. The predicted molar refractivity (Wildman–Crippen MR) is 125 cm³/mol. The Balaban J connectivity index is 1.66. The van der Waals surface area contributed by atoms with Gasteiger partial charge in [-0.1, -0.05) is 18.2 Å². The van der Waals surface area contributed by atoms with Gasteiger partial charge in [0.1, 0.15) is 6.04 Å². The molecule has 3 N–H and O–H groups in total. The van der Waals surface area contributed by atoms with E-state index in [1.807, 2.05) is 0 Å². The van der Waals surface area contributed by atoms with Crippen LogP contribution in [-0.2, 0) is 19.6 Å². The number of nitrogens with zero attached hydrogens (tertiary/aromatic N) is 1. The molecule has 1 aromatic heterocycles. The monoisotopic (exact) mass is 483 g/mol. The van der Waals surface area contributed by atoms with E-state index in [0.717, 1.165) is 5.69 Å². The van der Waals surface area contributed by atoms with Crippen molar-refractivity contribution in [1.29, 1.82) is 0 Å². The lowest BCUT2D eigenvalue weighted by Gasteiger charge is -2.13. The number of esters is 1. The topological polar surface area (TPSA) is 138 Å². The smallest absolute Gasteiger partial charge is 0.328 e. The summed E-state index contributed by atoms with van der Waals surface area (Å²) < 4.78 is 29.9. The molecule has 1 atom stereocenters. The molecule has 0 aliphatic heterocycles. The summed E-state index contributed by atoms with van der Waals surface area (Å²) in [6.07, 6.45) is 0. The van der Waals surface area contributed by atoms with Crippen LogP contribution in [-0.4, -0.2) is 43.3 Å². The maximum absolute atomic E-state index is 12.7. The molecule has 0 bridgehead atoms. The van der Waals surface area contributed by atoms with Gasteiger partial charge in [0.15, 0.2) is 6.61 Å². The summed E-state index contributed by atoms with van der Waals surface area (Å²) in [5.74, 6) is -1.56. The molecular weight excluding hydrogens is 458 g/mol. The first-order valence-corrected chi connectivity index (χ1v) is 11.9. The van der Waals surface area contributed by atoms with Crippen molar-refractivity contribution >= 4 is 27.7 Å². The SMILES string of the molecule is Cc1cc(C(=O)COC(=O)[C@H](C)NC(=O)c2ccccc2)c(C)n1-c1ccc(S(N)(=O)=O)cc1. The van der Waals surface area contributed by atoms with Crippen molar-refractivity contribution in [2.45, 2.75) is 31.7 Å². The zero-order chi connectivity index (χ0) is 25.0. The van der Waals surface area contributed by atoms with Crippen molar-refractivity contribution in [2.24, 2.45) is 5.14 Å². The van der Waals surface area contributed by atoms with Gasteiger partial charge in [0.2, 0.25) is 15.8 Å². The highest BCUT2D eigenvalue weighted by atomic mass is 32.2. The highest BCUT2D eigenvalue weighted by Crippen LogP contribution is 2.22. The highest BCUT2D eigenvalue weighted by Gasteiger charge is 2.22. The lowest BCUT2D eigenvalue weighted by Crippen LogP contribution is -2.40. The quantitative estimate of drug-likeness (QED) is 0.372. The van der Waals surface area contributed by atoms with Gasteiger partial charge in [-0.05, 0) is 63.2 Å². The lowest BCUT2D eigenvalue weighted by atomic mass is 10.1. The molecule has 9 nitrogen and oxygen atoms in total. The van der Waals surface area contributed by atoms with Crippen LogP contribution >= 0.6 is 0 Å². The molecular formula is C24H25N3O6S. The van der Waals surface area contributed by atoms with E-state index in [-0.39, 0.29) is 4.90 Å². The molecule has 0 aliphatic carbocycles. The van der Waals surface area contributed by atoms with E-state index in [2.05, 4.69) is 5.32 Å². The van der Waals surface area contributed by atoms with Crippen LogP contribution in [0.4, 0.5) is 0 Å². The Morgan fingerprint density at radius 1 is 1.03 bits per heavy atom. The molecule has 0 saturated carbocycles. The number of hydrogen-bond donors (Lipinski definition) is 2. The largest absolute Gasteiger partial charge is 0.456 e. The molecule has 3 rings (SSSR count). The highest BCUT2D eigenvalue weighted by molar-refractivity contribution is 7.89. The van der Waals surface area contributed by atoms with E-state index >= 15 is 0 Å². The summed E-state index contributed by atoms with van der Waals surface area (Å²) in [4.78, 5) is 37.2. The number of hydrogen-bond acceptors (Lipinski definition) is 6. The van der Waals surface area contributed by atoms with Gasteiger partial charge in [0.05, 0.1) is 4.90 Å². The van der Waals surface area contributed by atoms with Gasteiger partial charge in [-0.3, -0.25) is 9.59 Å². The summed E-state index contributed by atoms with van der Waals surface area (Å²) >= 11 is 0. The Bertz CT molecular complexity index is 1330. The second-order valence-corrected chi connectivity index (χ2v) is 9.31. The molecule has 0 radical (unpaired) electrons. The van der Waals surface area contributed by atoms with Crippen molar-refractivity contribution in [1.82, 2.24) is 9.88 Å². The maximum atomic E-state index is 12.7. The van der Waals surface area contributed by atoms with Crippen LogP contribution < -0.4 is 10.5 Å². The number of nitrogens with one attached hydrogen (secondary N) is 1. The molecule has 0 unspecified atom stereocenters. The van der Waals surface area contributed by atoms with Crippen LogP contribution in [0.25, 0.3) is 5.69 Å². The Morgan fingerprint density at radius 2 is 1.65 bits per heavy atom. The third kappa shape index (κ3) is 5.59. The molecule has 2 aromatic carbocycles. The number of aryl methyl sites for hydroxylation is 1. The second-order valence-electron chi connectivity index (χ2n) is 7.75. The van der Waals surface area contributed by atoms with Crippen molar-refractivity contribution in [3.05, 3.63) is 83.2 Å². The van der Waals surface area contributed by atoms with Gasteiger partial charge in [-0.25, -0.2) is 18.4 Å². The fourth-order valence-corrected chi connectivity index (χ4v) is 4.01. The van der Waals surface area contributed by atoms with Crippen molar-refractivity contribution in [3.8, 4) is 5.69 Å². The van der Waals surface area contributed by atoms with Crippen LogP contribution in [0.2, 0.25) is 0 Å². The summed E-state index contributed by atoms with van der Waals surface area (Å²) in [6, 6.07) is 15.1. The third-order valence-electron chi connectivity index (χ3n) is 5.24. The van der Waals surface area contributed by atoms with Crippen LogP contribution in [0.15, 0.2) is 65.6 Å². The van der Waals surface area contributed by atoms with Gasteiger partial charge >= 0.3 is 5.97 Å². The molecule has 178 valence electrons. The summed E-state index contributed by atoms with van der Waals surface area (Å²) in [7, 11) is -3.81. The van der Waals surface area contributed by atoms with Crippen molar-refractivity contribution < 1.29 is 27.5 Å². The van der Waals surface area contributed by atoms with Gasteiger partial charge in [0, 0.05) is 28.2 Å². The third-order valence-corrected chi connectivity index (χ3v) is 6.17. The van der Waals surface area contributed by atoms with Crippen LogP contribution in [0.5, 0.6) is 0 Å². The number of carbonyl (C=O) groups is 3. The normalized spacial score (nSPS) is 12.1. The number of sulfonamides is 1. The molecule has 1 amide bonds. The Morgan fingerprint density at radius 3 is 2.24 bits per heavy atom. The number of rotatable bonds is 8. The fraction of sp³-hybridized carbons (Fsp3) is 0.208. The van der Waals surface area contributed by atoms with Crippen molar-refractivity contribution in [3.63, 3.8) is 0 Å². The van der Waals surface area contributed by atoms with Gasteiger partial charge in [-0.15, -0.1) is 0 Å². The van der Waals surface area contributed by atoms with Gasteiger partial charge < -0.3 is 14.6 Å². The van der Waals surface area contributed by atoms with E-state index < -0.39 is 40.3 Å². The minimum absolute atomic E-state index is 0.0181. The summed E-state index contributed by atoms with van der Waals surface area (Å²) in [6.45, 7) is 4.52. The number of benzene rings is 2. The minimum atomic E-state index is -3.81. The van der Waals surface area contributed by atoms with Crippen molar-refractivity contribution in [2.75, 3.05) is 6.61 Å². The first kappa shape index (κ1) is 24.9. The second kappa shape index (κ2) is 10.0. The Labute approximate surface area is 197 Å². The molecule has 0 spiro atoms. The van der Waals surface area contributed by atoms with E-state index in [1.54, 1.807) is 66.9 Å². The van der Waals surface area contributed by atoms with Crippen LogP contribution in [0.3, 0.4) is 0 Å². The number of ketones is 1. The number of carbonyl (C=O) groups excluding carboxylic acids is 3. The van der Waals surface area contributed by atoms with E-state index in [0.29, 0.717) is 22.5 Å². The molecule has 0 saturated heterocycles. The summed E-state index contributed by atoms with van der Waals surface area (Å²) in [5, 5.41) is 7.68. The Kier molecular flexibility index (Phi) is 7.33. The lowest BCUT2D eigenvalue weighted by molar-refractivity contribution is -0.144. The van der Waals surface area contributed by atoms with E-state index in [4.69, 9.17) is 9.88 Å². The fourth-order valence-electron chi connectivity index (χ4n) is 3.50. The standard InChI is InChI=1S/C24H25N3O6S/c1-15-13-21(17(3)27(15)19-9-11-20(12-10-19)34(25,31)32)22(28)14-33-24(30)16(2)26-23(29)18-7-5-4-6-8-18/h4-13,16H,14H2,1-3H3,(H,26,29)(H2,25,31,32)/t16-/m0/s1. The van der Waals surface area contributed by atoms with E-state index in [1.165, 1.54) is 19.1 Å². The minimum Gasteiger partial charge on any atom is -0.456 e. The number of amides is 1.